The van der Waals surface area contributed by atoms with E-state index >= 15 is 0 Å². The molecule has 1 fully saturated rings. The number of carbonyl (C=O) groups is 4. The van der Waals surface area contributed by atoms with Crippen LogP contribution in [0.3, 0.4) is 0 Å². The highest BCUT2D eigenvalue weighted by Gasteiger charge is 2.72. The van der Waals surface area contributed by atoms with Crippen LogP contribution in [0.5, 0.6) is 11.5 Å². The molecule has 2 heterocycles. The molecule has 2 bridgehead atoms. The van der Waals surface area contributed by atoms with Gasteiger partial charge in [0.1, 0.15) is 11.5 Å². The summed E-state index contributed by atoms with van der Waals surface area (Å²) in [4.78, 5) is 49.2. The number of phenolic OH excluding ortho intramolecular Hbond substituents is 1. The summed E-state index contributed by atoms with van der Waals surface area (Å²) < 4.78 is 44.0. The van der Waals surface area contributed by atoms with E-state index in [1.165, 1.54) is 44.9 Å². The predicted molar refractivity (Wildman–Crippen MR) is 201 cm³/mol. The quantitative estimate of drug-likeness (QED) is 0.0541. The number of aliphatic carboxylic acids is 2. The molecule has 1 spiro atoms. The van der Waals surface area contributed by atoms with E-state index in [-0.39, 0.29) is 36.2 Å². The van der Waals surface area contributed by atoms with E-state index in [1.807, 2.05) is 13.1 Å². The lowest BCUT2D eigenvalue weighted by Gasteiger charge is -2.61. The van der Waals surface area contributed by atoms with Crippen molar-refractivity contribution < 1.29 is 62.2 Å². The van der Waals surface area contributed by atoms with Gasteiger partial charge in [0.15, 0.2) is 17.6 Å². The summed E-state index contributed by atoms with van der Waals surface area (Å²) in [5, 5.41) is 39.8. The molecule has 5 atom stereocenters. The number of benzene rings is 1. The molecular formula is C42H58F3NO10. The maximum absolute atomic E-state index is 13.5. The maximum Gasteiger partial charge on any atom is 0.490 e. The van der Waals surface area contributed by atoms with Crippen LogP contribution in [0.2, 0.25) is 0 Å². The van der Waals surface area contributed by atoms with Crippen LogP contribution < -0.4 is 4.74 Å². The topological polar surface area (TPSA) is 171 Å². The number of ether oxygens (including phenoxy) is 2. The zero-order valence-corrected chi connectivity index (χ0v) is 32.6. The second kappa shape index (κ2) is 20.0. The number of allylic oxidation sites excluding steroid dienone is 2. The van der Waals surface area contributed by atoms with Crippen molar-refractivity contribution in [3.8, 4) is 11.5 Å². The predicted octanol–water partition coefficient (Wildman–Crippen LogP) is 7.93. The van der Waals surface area contributed by atoms with Crippen molar-refractivity contribution in [2.75, 3.05) is 13.6 Å². The smallest absolute Gasteiger partial charge is 0.490 e. The Bertz CT molecular complexity index is 1610. The van der Waals surface area contributed by atoms with E-state index < -0.39 is 53.5 Å². The SMILES string of the molecule is CCCCCCCCC=CCCCCCCCC(=O)C[C@@H](CC(=O)O)C(=O)OC1=CC[C@@]2(O)[C@H]3Cc4ccc(O)c5c4[C@@]2(CCN3C)[C@H]1O5.O=C(O)C(F)(F)F. The highest BCUT2D eigenvalue weighted by atomic mass is 19.4. The summed E-state index contributed by atoms with van der Waals surface area (Å²) in [5.41, 5.74) is -0.345. The summed E-state index contributed by atoms with van der Waals surface area (Å²) in [6.45, 7) is 2.93. The number of nitrogens with zero attached hydrogens (tertiary/aromatic N) is 1. The number of piperidine rings is 1. The molecule has 11 nitrogen and oxygen atoms in total. The second-order valence-electron chi connectivity index (χ2n) is 15.7. The lowest BCUT2D eigenvalue weighted by atomic mass is 9.50. The molecule has 2 aliphatic heterocycles. The Morgan fingerprint density at radius 2 is 1.57 bits per heavy atom. The molecule has 4 aliphatic rings. The number of hydrogen-bond acceptors (Lipinski definition) is 9. The third-order valence-electron chi connectivity index (χ3n) is 11.8. The molecule has 1 saturated heterocycles. The lowest BCUT2D eigenvalue weighted by Crippen LogP contribution is -2.74. The van der Waals surface area contributed by atoms with Crippen LogP contribution in [-0.2, 0) is 35.8 Å². The number of esters is 1. The first-order valence-corrected chi connectivity index (χ1v) is 20.1. The molecule has 0 saturated carbocycles. The van der Waals surface area contributed by atoms with Gasteiger partial charge in [0.2, 0.25) is 0 Å². The number of rotatable bonds is 21. The van der Waals surface area contributed by atoms with Gasteiger partial charge in [0.05, 0.1) is 23.4 Å². The number of Topliss-reactive ketones (excluding diaryl/α,β-unsaturated/α-hetero) is 1. The van der Waals surface area contributed by atoms with E-state index in [1.54, 1.807) is 12.1 Å². The molecule has 14 heteroatoms. The van der Waals surface area contributed by atoms with Crippen molar-refractivity contribution in [3.05, 3.63) is 47.2 Å². The number of aromatic hydroxyl groups is 1. The Morgan fingerprint density at radius 3 is 2.18 bits per heavy atom. The Morgan fingerprint density at radius 1 is 0.964 bits per heavy atom. The van der Waals surface area contributed by atoms with Gasteiger partial charge < -0.3 is 34.8 Å². The van der Waals surface area contributed by atoms with Gasteiger partial charge in [-0.05, 0) is 76.2 Å². The number of likely N-dealkylation sites (tertiary alicyclic amines) is 1. The normalized spacial score (nSPS) is 24.0. The third-order valence-corrected chi connectivity index (χ3v) is 11.8. The molecule has 0 amide bonds. The summed E-state index contributed by atoms with van der Waals surface area (Å²) >= 11 is 0. The van der Waals surface area contributed by atoms with E-state index in [9.17, 15) is 42.9 Å². The summed E-state index contributed by atoms with van der Waals surface area (Å²) in [5.74, 6) is -5.49. The first-order valence-electron chi connectivity index (χ1n) is 20.1. The van der Waals surface area contributed by atoms with Crippen LogP contribution >= 0.6 is 0 Å². The summed E-state index contributed by atoms with van der Waals surface area (Å²) in [7, 11) is 2.00. The molecule has 312 valence electrons. The van der Waals surface area contributed by atoms with Gasteiger partial charge in [-0.15, -0.1) is 0 Å². The number of unbranched alkanes of at least 4 members (excludes halogenated alkanes) is 11. The molecular weight excluding hydrogens is 735 g/mol. The van der Waals surface area contributed by atoms with Gasteiger partial charge in [-0.2, -0.15) is 13.2 Å². The minimum Gasteiger partial charge on any atom is -0.504 e. The minimum absolute atomic E-state index is 0.0297. The largest absolute Gasteiger partial charge is 0.504 e. The standard InChI is InChI=1S/C40H57NO8.C2HF3O2/c1-3-4-5-6-7-8-9-10-11-12-13-14-15-16-17-18-30(42)25-29(27-34(44)45)38(46)48-32-21-22-40(47)33-26-28-19-20-31(43)36-35(28)39(40,37(32)49-36)23-24-41(33)2;3-2(4,5)1(6)7/h10-11,19-21,29,33,37,43,47H,3-9,12-18,22-27H2,1-2H3,(H,44,45);(H,6,7)/t29-,33+,37-,39-,40+;/m0./s1. The first kappa shape index (κ1) is 44.8. The van der Waals surface area contributed by atoms with Gasteiger partial charge in [-0.25, -0.2) is 4.79 Å². The molecule has 1 aromatic rings. The Hall–Kier alpha value is -3.91. The lowest BCUT2D eigenvalue weighted by molar-refractivity contribution is -0.192. The zero-order valence-electron chi connectivity index (χ0n) is 32.6. The summed E-state index contributed by atoms with van der Waals surface area (Å²) in [6, 6.07) is 3.29. The highest BCUT2D eigenvalue weighted by Crippen LogP contribution is 2.65. The van der Waals surface area contributed by atoms with Gasteiger partial charge >= 0.3 is 24.1 Å². The average Bonchev–Trinajstić information content (AvgIpc) is 3.49. The molecule has 5 rings (SSSR count). The summed E-state index contributed by atoms with van der Waals surface area (Å²) in [6.07, 6.45) is 16.4. The number of alkyl halides is 3. The van der Waals surface area contributed by atoms with Crippen LogP contribution in [0.25, 0.3) is 0 Å². The van der Waals surface area contributed by atoms with Crippen molar-refractivity contribution in [2.45, 2.75) is 158 Å². The average molecular weight is 794 g/mol. The number of likely N-dealkylation sites (N-methyl/N-ethyl adjacent to an activating group) is 1. The number of carbonyl (C=O) groups excluding carboxylic acids is 2. The van der Waals surface area contributed by atoms with Crippen molar-refractivity contribution >= 4 is 23.7 Å². The van der Waals surface area contributed by atoms with Crippen molar-refractivity contribution in [3.63, 3.8) is 0 Å². The van der Waals surface area contributed by atoms with Gasteiger partial charge in [-0.3, -0.25) is 14.4 Å². The first-order chi connectivity index (χ1) is 26.6. The monoisotopic (exact) mass is 793 g/mol. The zero-order chi connectivity index (χ0) is 41.1. The molecule has 0 radical (unpaired) electrons. The van der Waals surface area contributed by atoms with E-state index in [0.717, 1.165) is 43.2 Å². The number of ketones is 1. The molecule has 0 aromatic heterocycles. The number of hydrogen-bond donors (Lipinski definition) is 4. The highest BCUT2D eigenvalue weighted by molar-refractivity contribution is 5.87. The number of halogens is 3. The molecule has 2 aliphatic carbocycles. The van der Waals surface area contributed by atoms with Gasteiger partial charge in [-0.1, -0.05) is 76.5 Å². The Labute approximate surface area is 326 Å². The van der Waals surface area contributed by atoms with Crippen LogP contribution in [0.15, 0.2) is 36.1 Å². The number of carboxylic acids is 2. The van der Waals surface area contributed by atoms with Crippen LogP contribution in [0.4, 0.5) is 13.2 Å². The third kappa shape index (κ3) is 10.5. The van der Waals surface area contributed by atoms with E-state index in [4.69, 9.17) is 19.4 Å². The Kier molecular flexibility index (Phi) is 16.0. The molecule has 1 aromatic carbocycles. The fourth-order valence-corrected chi connectivity index (χ4v) is 8.86. The van der Waals surface area contributed by atoms with Crippen molar-refractivity contribution in [2.24, 2.45) is 5.92 Å². The number of phenols is 1. The number of carboxylic acid groups (broad SMARTS) is 2. The maximum atomic E-state index is 13.5. The van der Waals surface area contributed by atoms with Crippen molar-refractivity contribution in [1.29, 1.82) is 0 Å². The van der Waals surface area contributed by atoms with Crippen molar-refractivity contribution in [1.82, 2.24) is 4.90 Å². The van der Waals surface area contributed by atoms with E-state index in [0.29, 0.717) is 38.0 Å². The van der Waals surface area contributed by atoms with Crippen LogP contribution in [-0.4, -0.2) is 86.5 Å². The molecule has 56 heavy (non-hydrogen) atoms. The van der Waals surface area contributed by atoms with Crippen LogP contribution in [0, 0.1) is 5.92 Å². The Balaban J connectivity index is 0.000000908. The van der Waals surface area contributed by atoms with E-state index in [2.05, 4.69) is 24.0 Å². The fourth-order valence-electron chi connectivity index (χ4n) is 8.86. The van der Waals surface area contributed by atoms with Gasteiger partial charge in [0, 0.05) is 30.9 Å². The number of aliphatic hydroxyl groups is 1. The second-order valence-corrected chi connectivity index (χ2v) is 15.7. The van der Waals surface area contributed by atoms with Crippen LogP contribution in [0.1, 0.15) is 134 Å². The van der Waals surface area contributed by atoms with Gasteiger partial charge in [0.25, 0.3) is 0 Å². The minimum atomic E-state index is -5.08. The molecule has 4 N–H and O–H groups in total. The molecule has 0 unspecified atom stereocenters. The fraction of sp³-hybridized carbons (Fsp3) is 0.667.